The fraction of sp³-hybridized carbons (Fsp3) is 0.692. The number of aryl methyl sites for hydroxylation is 1. The predicted octanol–water partition coefficient (Wildman–Crippen LogP) is 3.34. The number of nitrogens with zero attached hydrogens (tertiary/aromatic N) is 2. The summed E-state index contributed by atoms with van der Waals surface area (Å²) in [7, 11) is 1.39. The van der Waals surface area contributed by atoms with E-state index < -0.39 is 11.1 Å². The van der Waals surface area contributed by atoms with Crippen LogP contribution in [0, 0.1) is 0 Å². The normalized spacial score (nSPS) is 17.8. The quantitative estimate of drug-likeness (QED) is 0.514. The maximum atomic E-state index is 12.2. The zero-order valence-corrected chi connectivity index (χ0v) is 22.2. The summed E-state index contributed by atoms with van der Waals surface area (Å²) in [5, 5.41) is 3.24. The van der Waals surface area contributed by atoms with E-state index in [0.717, 1.165) is 49.6 Å². The van der Waals surface area contributed by atoms with Crippen molar-refractivity contribution in [3.8, 4) is 5.75 Å². The van der Waals surface area contributed by atoms with Gasteiger partial charge in [0.25, 0.3) is 0 Å². The molecule has 1 fully saturated rings. The monoisotopic (exact) mass is 477 g/mol. The third-order valence-corrected chi connectivity index (χ3v) is 5.86. The number of carbonyl (C=O) groups is 2. The highest BCUT2D eigenvalue weighted by molar-refractivity contribution is 5.83. The first-order valence-corrected chi connectivity index (χ1v) is 12.1. The second-order valence-corrected chi connectivity index (χ2v) is 10.5. The van der Waals surface area contributed by atoms with Crippen LogP contribution in [-0.4, -0.2) is 85.4 Å². The highest BCUT2D eigenvalue weighted by Gasteiger charge is 2.29. The van der Waals surface area contributed by atoms with Gasteiger partial charge in [-0.25, -0.2) is 4.79 Å². The number of hydrogen-bond donors (Lipinski definition) is 1. The lowest BCUT2D eigenvalue weighted by Gasteiger charge is -2.39. The van der Waals surface area contributed by atoms with Gasteiger partial charge in [-0.15, -0.1) is 0 Å². The molecule has 2 rings (SSSR count). The number of rotatable bonds is 10. The Morgan fingerprint density at radius 1 is 1.15 bits per heavy atom. The van der Waals surface area contributed by atoms with E-state index in [1.165, 1.54) is 7.11 Å². The van der Waals surface area contributed by atoms with E-state index in [1.54, 1.807) is 13.8 Å². The minimum Gasteiger partial charge on any atom is -0.492 e. The maximum Gasteiger partial charge on any atom is 0.330 e. The van der Waals surface area contributed by atoms with Crippen LogP contribution in [0.1, 0.15) is 54.0 Å². The van der Waals surface area contributed by atoms with Crippen LogP contribution in [0.4, 0.5) is 5.69 Å². The minimum atomic E-state index is -0.815. The van der Waals surface area contributed by atoms with Crippen molar-refractivity contribution < 1.29 is 23.8 Å². The molecule has 0 radical (unpaired) electrons. The van der Waals surface area contributed by atoms with Gasteiger partial charge in [0.15, 0.2) is 0 Å². The van der Waals surface area contributed by atoms with E-state index in [9.17, 15) is 9.59 Å². The highest BCUT2D eigenvalue weighted by atomic mass is 16.6. The molecule has 1 aromatic carbocycles. The summed E-state index contributed by atoms with van der Waals surface area (Å²) in [4.78, 5) is 28.7. The molecule has 0 aliphatic carbocycles. The lowest BCUT2D eigenvalue weighted by Crippen LogP contribution is -2.54. The molecule has 0 spiro atoms. The molecule has 1 N–H and O–H groups in total. The molecule has 0 amide bonds. The van der Waals surface area contributed by atoms with E-state index in [4.69, 9.17) is 14.2 Å². The molecule has 0 bridgehead atoms. The fourth-order valence-electron chi connectivity index (χ4n) is 4.07. The number of ether oxygens (including phenoxy) is 3. The van der Waals surface area contributed by atoms with Crippen molar-refractivity contribution in [2.45, 2.75) is 72.1 Å². The van der Waals surface area contributed by atoms with Gasteiger partial charge in [-0.1, -0.05) is 6.92 Å². The summed E-state index contributed by atoms with van der Waals surface area (Å²) < 4.78 is 16.5. The molecule has 1 aliphatic rings. The first-order chi connectivity index (χ1) is 15.8. The molecule has 0 aromatic heterocycles. The van der Waals surface area contributed by atoms with Crippen LogP contribution in [0.25, 0.3) is 0 Å². The molecule has 1 aliphatic heterocycles. The summed E-state index contributed by atoms with van der Waals surface area (Å²) in [6.07, 6.45) is 0.823. The van der Waals surface area contributed by atoms with E-state index >= 15 is 0 Å². The summed E-state index contributed by atoms with van der Waals surface area (Å²) >= 11 is 0. The van der Waals surface area contributed by atoms with Crippen molar-refractivity contribution >= 4 is 17.6 Å². The molecule has 1 heterocycles. The van der Waals surface area contributed by atoms with Crippen molar-refractivity contribution in [1.82, 2.24) is 9.80 Å². The van der Waals surface area contributed by atoms with E-state index in [-0.39, 0.29) is 18.0 Å². The molecule has 0 saturated carbocycles. The second kappa shape index (κ2) is 11.9. The Morgan fingerprint density at radius 2 is 1.85 bits per heavy atom. The van der Waals surface area contributed by atoms with Gasteiger partial charge in [0.05, 0.1) is 13.7 Å². The molecular weight excluding hydrogens is 434 g/mol. The van der Waals surface area contributed by atoms with Crippen molar-refractivity contribution in [1.29, 1.82) is 0 Å². The average molecular weight is 478 g/mol. The van der Waals surface area contributed by atoms with Crippen molar-refractivity contribution in [3.05, 3.63) is 23.8 Å². The third kappa shape index (κ3) is 8.47. The topological polar surface area (TPSA) is 80.3 Å². The number of hydrogen-bond acceptors (Lipinski definition) is 8. The first-order valence-electron chi connectivity index (χ1n) is 12.1. The molecule has 1 aromatic rings. The Hall–Kier alpha value is -2.32. The Morgan fingerprint density at radius 3 is 2.44 bits per heavy atom. The molecule has 0 unspecified atom stereocenters. The molecule has 34 heavy (non-hydrogen) atoms. The number of benzene rings is 1. The second-order valence-electron chi connectivity index (χ2n) is 10.5. The van der Waals surface area contributed by atoms with Gasteiger partial charge in [-0.3, -0.25) is 14.6 Å². The number of nitrogens with one attached hydrogen (secondary N) is 1. The molecule has 192 valence electrons. The maximum absolute atomic E-state index is 12.2. The molecule has 8 nitrogen and oxygen atoms in total. The Balaban J connectivity index is 1.84. The molecule has 8 heteroatoms. The van der Waals surface area contributed by atoms with E-state index in [0.29, 0.717) is 13.2 Å². The van der Waals surface area contributed by atoms with Crippen LogP contribution in [-0.2, 0) is 25.5 Å². The van der Waals surface area contributed by atoms with Crippen molar-refractivity contribution in [3.63, 3.8) is 0 Å². The average Bonchev–Trinajstić information content (AvgIpc) is 2.74. The summed E-state index contributed by atoms with van der Waals surface area (Å²) in [6, 6.07) is 6.18. The SMILES string of the molecule is CCc1cc(NC(C)(C)C(=O)OC)ccc1OCCN1CCN(CC(=O)OC(C)(C)C)[C@H](C)C1. The van der Waals surface area contributed by atoms with Crippen molar-refractivity contribution in [2.75, 3.05) is 51.8 Å². The van der Waals surface area contributed by atoms with Crippen LogP contribution < -0.4 is 10.1 Å². The molecule has 1 atom stereocenters. The number of esters is 2. The Bertz CT molecular complexity index is 834. The van der Waals surface area contributed by atoms with Gasteiger partial charge >= 0.3 is 11.9 Å². The van der Waals surface area contributed by atoms with Crippen LogP contribution >= 0.6 is 0 Å². The van der Waals surface area contributed by atoms with E-state index in [1.807, 2.05) is 39.0 Å². The van der Waals surface area contributed by atoms with Crippen LogP contribution in [0.5, 0.6) is 5.75 Å². The molecular formula is C26H43N3O5. The fourth-order valence-corrected chi connectivity index (χ4v) is 4.07. The van der Waals surface area contributed by atoms with E-state index in [2.05, 4.69) is 29.0 Å². The van der Waals surface area contributed by atoms with Gasteiger partial charge in [0, 0.05) is 37.9 Å². The number of carbonyl (C=O) groups excluding carboxylic acids is 2. The van der Waals surface area contributed by atoms with Crippen molar-refractivity contribution in [2.24, 2.45) is 0 Å². The number of anilines is 1. The van der Waals surface area contributed by atoms with Crippen LogP contribution in [0.15, 0.2) is 18.2 Å². The number of piperazine rings is 1. The van der Waals surface area contributed by atoms with Crippen LogP contribution in [0.3, 0.4) is 0 Å². The van der Waals surface area contributed by atoms with Gasteiger partial charge in [-0.2, -0.15) is 0 Å². The Kier molecular flexibility index (Phi) is 9.76. The molecule has 1 saturated heterocycles. The lowest BCUT2D eigenvalue weighted by molar-refractivity contribution is -0.157. The highest BCUT2D eigenvalue weighted by Crippen LogP contribution is 2.26. The van der Waals surface area contributed by atoms with Gasteiger partial charge < -0.3 is 19.5 Å². The minimum absolute atomic E-state index is 0.170. The zero-order valence-electron chi connectivity index (χ0n) is 22.2. The lowest BCUT2D eigenvalue weighted by atomic mass is 10.0. The van der Waals surface area contributed by atoms with Gasteiger partial charge in [0.2, 0.25) is 0 Å². The van der Waals surface area contributed by atoms with Gasteiger partial charge in [0.1, 0.15) is 23.5 Å². The Labute approximate surface area is 204 Å². The zero-order chi connectivity index (χ0) is 25.5. The predicted molar refractivity (Wildman–Crippen MR) is 134 cm³/mol. The smallest absolute Gasteiger partial charge is 0.330 e. The summed E-state index contributed by atoms with van der Waals surface area (Å²) in [5.41, 5.74) is 0.670. The number of methoxy groups -OCH3 is 1. The standard InChI is InChI=1S/C26H43N3O5/c1-9-20-16-21(27-26(6,7)24(31)32-8)10-11-22(20)33-15-14-28-12-13-29(19(2)17-28)18-23(30)34-25(3,4)5/h10-11,16,19,27H,9,12-15,17-18H2,1-8H3/t19-/m1/s1. The first kappa shape index (κ1) is 27.9. The van der Waals surface area contributed by atoms with Crippen LogP contribution in [0.2, 0.25) is 0 Å². The van der Waals surface area contributed by atoms with Gasteiger partial charge in [-0.05, 0) is 71.7 Å². The summed E-state index contributed by atoms with van der Waals surface area (Å²) in [6.45, 7) is 17.8. The third-order valence-electron chi connectivity index (χ3n) is 5.86. The summed E-state index contributed by atoms with van der Waals surface area (Å²) in [5.74, 6) is 0.378. The largest absolute Gasteiger partial charge is 0.492 e.